The van der Waals surface area contributed by atoms with Crippen LogP contribution in [0.5, 0.6) is 0 Å². The monoisotopic (exact) mass is 466 g/mol. The first-order chi connectivity index (χ1) is 12.2. The molecule has 0 aliphatic carbocycles. The van der Waals surface area contributed by atoms with Crippen molar-refractivity contribution in [3.05, 3.63) is 71.3 Å². The van der Waals surface area contributed by atoms with Crippen LogP contribution in [0.25, 0.3) is 0 Å². The highest BCUT2D eigenvalue weighted by molar-refractivity contribution is 14.0. The van der Waals surface area contributed by atoms with Crippen LogP contribution in [0.3, 0.4) is 0 Å². The van der Waals surface area contributed by atoms with Gasteiger partial charge in [0.25, 0.3) is 0 Å². The van der Waals surface area contributed by atoms with Gasteiger partial charge in [0, 0.05) is 33.1 Å². The van der Waals surface area contributed by atoms with Crippen LogP contribution < -0.4 is 16.0 Å². The Labute approximate surface area is 172 Å². The van der Waals surface area contributed by atoms with E-state index in [-0.39, 0.29) is 29.9 Å². The molecule has 0 bridgehead atoms. The largest absolute Gasteiger partial charge is 0.356 e. The van der Waals surface area contributed by atoms with Gasteiger partial charge < -0.3 is 16.0 Å². The zero-order chi connectivity index (χ0) is 17.9. The van der Waals surface area contributed by atoms with Crippen LogP contribution in [0.4, 0.5) is 0 Å². The predicted molar refractivity (Wildman–Crippen MR) is 118 cm³/mol. The number of carbonyl (C=O) groups excluding carboxylic acids is 1. The lowest BCUT2D eigenvalue weighted by molar-refractivity contribution is -0.121. The van der Waals surface area contributed by atoms with Crippen molar-refractivity contribution in [2.24, 2.45) is 4.99 Å². The number of aliphatic imine (C=N–C) groups is 1. The van der Waals surface area contributed by atoms with Gasteiger partial charge in [-0.05, 0) is 18.1 Å². The summed E-state index contributed by atoms with van der Waals surface area (Å²) in [5.41, 5.74) is 3.53. The van der Waals surface area contributed by atoms with E-state index >= 15 is 0 Å². The number of aryl methyl sites for hydroxylation is 1. The van der Waals surface area contributed by atoms with Crippen molar-refractivity contribution in [2.75, 3.05) is 13.6 Å². The minimum Gasteiger partial charge on any atom is -0.356 e. The molecule has 0 aromatic heterocycles. The smallest absolute Gasteiger partial charge is 0.222 e. The molecule has 5 nitrogen and oxygen atoms in total. The van der Waals surface area contributed by atoms with E-state index in [1.165, 1.54) is 11.1 Å². The first-order valence-corrected chi connectivity index (χ1v) is 8.48. The number of rotatable bonds is 7. The maximum atomic E-state index is 11.9. The van der Waals surface area contributed by atoms with Crippen LogP contribution in [0, 0.1) is 6.92 Å². The van der Waals surface area contributed by atoms with Crippen LogP contribution >= 0.6 is 24.0 Å². The number of nitrogens with one attached hydrogen (secondary N) is 3. The Bertz CT molecular complexity index is 687. The molecule has 0 heterocycles. The average molecular weight is 466 g/mol. The Balaban J connectivity index is 0.00000338. The van der Waals surface area contributed by atoms with Gasteiger partial charge in [0.1, 0.15) is 0 Å². The molecule has 0 aliphatic heterocycles. The highest BCUT2D eigenvalue weighted by Crippen LogP contribution is 2.02. The van der Waals surface area contributed by atoms with Gasteiger partial charge in [-0.15, -0.1) is 24.0 Å². The van der Waals surface area contributed by atoms with Crippen molar-refractivity contribution in [1.82, 2.24) is 16.0 Å². The second-order valence-corrected chi connectivity index (χ2v) is 5.85. The third kappa shape index (κ3) is 8.33. The molecule has 26 heavy (non-hydrogen) atoms. The molecule has 0 saturated carbocycles. The Morgan fingerprint density at radius 1 is 0.885 bits per heavy atom. The van der Waals surface area contributed by atoms with Crippen LogP contribution in [0.2, 0.25) is 0 Å². The molecule has 0 spiro atoms. The highest BCUT2D eigenvalue weighted by Gasteiger charge is 2.03. The summed E-state index contributed by atoms with van der Waals surface area (Å²) in [5.74, 6) is 0.710. The molecular formula is C20H27IN4O. The molecule has 1 amide bonds. The summed E-state index contributed by atoms with van der Waals surface area (Å²) in [4.78, 5) is 16.1. The zero-order valence-electron chi connectivity index (χ0n) is 15.3. The lowest BCUT2D eigenvalue weighted by Crippen LogP contribution is -2.38. The molecule has 6 heteroatoms. The first kappa shape index (κ1) is 22.0. The normalized spacial score (nSPS) is 10.6. The summed E-state index contributed by atoms with van der Waals surface area (Å²) in [5, 5.41) is 9.32. The molecule has 2 aromatic rings. The van der Waals surface area contributed by atoms with E-state index in [0.717, 1.165) is 5.56 Å². The van der Waals surface area contributed by atoms with E-state index in [1.807, 2.05) is 30.3 Å². The van der Waals surface area contributed by atoms with E-state index in [9.17, 15) is 4.79 Å². The maximum absolute atomic E-state index is 11.9. The summed E-state index contributed by atoms with van der Waals surface area (Å²) in [6.45, 7) is 3.86. The summed E-state index contributed by atoms with van der Waals surface area (Å²) >= 11 is 0. The van der Waals surface area contributed by atoms with Gasteiger partial charge >= 0.3 is 0 Å². The first-order valence-electron chi connectivity index (χ1n) is 8.48. The second kappa shape index (κ2) is 12.3. The van der Waals surface area contributed by atoms with E-state index in [4.69, 9.17) is 0 Å². The van der Waals surface area contributed by atoms with Crippen LogP contribution in [0.1, 0.15) is 23.1 Å². The molecule has 0 aliphatic rings. The van der Waals surface area contributed by atoms with Crippen LogP contribution in [0.15, 0.2) is 59.6 Å². The number of guanidine groups is 1. The molecule has 0 fully saturated rings. The molecule has 0 radical (unpaired) electrons. The van der Waals surface area contributed by atoms with E-state index in [1.54, 1.807) is 7.05 Å². The van der Waals surface area contributed by atoms with Crippen molar-refractivity contribution < 1.29 is 4.79 Å². The van der Waals surface area contributed by atoms with Gasteiger partial charge in [0.15, 0.2) is 5.96 Å². The summed E-state index contributed by atoms with van der Waals surface area (Å²) < 4.78 is 0. The zero-order valence-corrected chi connectivity index (χ0v) is 17.6. The van der Waals surface area contributed by atoms with Gasteiger partial charge in [-0.25, -0.2) is 0 Å². The molecule has 0 atom stereocenters. The molecule has 140 valence electrons. The van der Waals surface area contributed by atoms with Crippen LogP contribution in [-0.4, -0.2) is 25.5 Å². The number of halogens is 1. The fraction of sp³-hybridized carbons (Fsp3) is 0.300. The minimum atomic E-state index is 0. The molecule has 0 unspecified atom stereocenters. The lowest BCUT2D eigenvalue weighted by atomic mass is 10.1. The van der Waals surface area contributed by atoms with Crippen molar-refractivity contribution in [1.29, 1.82) is 0 Å². The van der Waals surface area contributed by atoms with Gasteiger partial charge in [0.2, 0.25) is 5.91 Å². The second-order valence-electron chi connectivity index (χ2n) is 5.85. The van der Waals surface area contributed by atoms with Gasteiger partial charge in [-0.3, -0.25) is 9.79 Å². The third-order valence-corrected chi connectivity index (χ3v) is 3.78. The fourth-order valence-electron chi connectivity index (χ4n) is 2.29. The summed E-state index contributed by atoms with van der Waals surface area (Å²) in [6, 6.07) is 18.2. The Hall–Kier alpha value is -2.09. The SMILES string of the molecule is CN=C(NCCC(=O)NCc1ccccc1)NCc1ccc(C)cc1.I. The van der Waals surface area contributed by atoms with Gasteiger partial charge in [-0.2, -0.15) is 0 Å². The number of hydrogen-bond acceptors (Lipinski definition) is 2. The van der Waals surface area contributed by atoms with Crippen molar-refractivity contribution in [2.45, 2.75) is 26.4 Å². The number of hydrogen-bond donors (Lipinski definition) is 3. The standard InChI is InChI=1S/C20H26N4O.HI/c1-16-8-10-18(11-9-16)15-24-20(21-2)22-13-12-19(25)23-14-17-6-4-3-5-7-17;/h3-11H,12-15H2,1-2H3,(H,23,25)(H2,21,22,24);1H. The fourth-order valence-corrected chi connectivity index (χ4v) is 2.29. The van der Waals surface area contributed by atoms with Crippen molar-refractivity contribution in [3.63, 3.8) is 0 Å². The van der Waals surface area contributed by atoms with E-state index in [0.29, 0.717) is 32.0 Å². The number of amides is 1. The van der Waals surface area contributed by atoms with E-state index in [2.05, 4.69) is 52.1 Å². The minimum absolute atomic E-state index is 0. The maximum Gasteiger partial charge on any atom is 0.222 e. The van der Waals surface area contributed by atoms with E-state index < -0.39 is 0 Å². The van der Waals surface area contributed by atoms with Crippen molar-refractivity contribution in [3.8, 4) is 0 Å². The molecule has 2 aromatic carbocycles. The third-order valence-electron chi connectivity index (χ3n) is 3.78. The predicted octanol–water partition coefficient (Wildman–Crippen LogP) is 2.98. The molecule has 2 rings (SSSR count). The highest BCUT2D eigenvalue weighted by atomic mass is 127. The molecule has 3 N–H and O–H groups in total. The van der Waals surface area contributed by atoms with Crippen LogP contribution in [-0.2, 0) is 17.9 Å². The summed E-state index contributed by atoms with van der Waals surface area (Å²) in [6.07, 6.45) is 0.401. The van der Waals surface area contributed by atoms with Gasteiger partial charge in [0.05, 0.1) is 0 Å². The molecule has 0 saturated heterocycles. The Morgan fingerprint density at radius 2 is 1.50 bits per heavy atom. The quantitative estimate of drug-likeness (QED) is 0.334. The molecular weight excluding hydrogens is 439 g/mol. The average Bonchev–Trinajstić information content (AvgIpc) is 2.65. The Morgan fingerprint density at radius 3 is 2.15 bits per heavy atom. The van der Waals surface area contributed by atoms with Gasteiger partial charge in [-0.1, -0.05) is 60.2 Å². The summed E-state index contributed by atoms with van der Waals surface area (Å²) in [7, 11) is 1.72. The topological polar surface area (TPSA) is 65.5 Å². The lowest BCUT2D eigenvalue weighted by Gasteiger charge is -2.12. The number of nitrogens with zero attached hydrogens (tertiary/aromatic N) is 1. The van der Waals surface area contributed by atoms with Crippen molar-refractivity contribution >= 4 is 35.8 Å². The Kier molecular flexibility index (Phi) is 10.4. The number of carbonyl (C=O) groups is 1. The number of benzene rings is 2.